The van der Waals surface area contributed by atoms with Crippen LogP contribution < -0.4 is 26.2 Å². The predicted molar refractivity (Wildman–Crippen MR) is 201 cm³/mol. The van der Waals surface area contributed by atoms with E-state index in [4.69, 9.17) is 18.1 Å². The molecule has 0 aliphatic carbocycles. The van der Waals surface area contributed by atoms with E-state index in [0.29, 0.717) is 11.1 Å². The van der Waals surface area contributed by atoms with Crippen molar-refractivity contribution in [3.8, 4) is 22.5 Å². The van der Waals surface area contributed by atoms with Crippen molar-refractivity contribution in [2.24, 2.45) is 0 Å². The molecule has 2 aliphatic heterocycles. The van der Waals surface area contributed by atoms with Crippen molar-refractivity contribution in [3.63, 3.8) is 0 Å². The summed E-state index contributed by atoms with van der Waals surface area (Å²) < 4.78 is 93.6. The number of hydrogen-bond acceptors (Lipinski definition) is 3. The van der Waals surface area contributed by atoms with E-state index in [1.807, 2.05) is 54.6 Å². The molecule has 0 atom stereocenters. The van der Waals surface area contributed by atoms with Crippen LogP contribution in [0.2, 0.25) is 0 Å². The molecule has 1 aromatic heterocycles. The second kappa shape index (κ2) is 10.6. The van der Waals surface area contributed by atoms with Crippen molar-refractivity contribution >= 4 is 68.2 Å². The van der Waals surface area contributed by atoms with E-state index in [1.165, 1.54) is 0 Å². The summed E-state index contributed by atoms with van der Waals surface area (Å²) in [7, 11) is 0. The quantitative estimate of drug-likeness (QED) is 0.178. The number of furan rings is 1. The molecule has 2 aliphatic rings. The molecule has 0 radical (unpaired) electrons. The van der Waals surface area contributed by atoms with Crippen molar-refractivity contribution in [1.82, 2.24) is 0 Å². The Bertz CT molecular complexity index is 2920. The van der Waals surface area contributed by atoms with E-state index < -0.39 is 60.4 Å². The SMILES string of the molecule is [2H]c1c([2H])c([2H])c(N(c2c([2H])c([2H])c([2H])c([2H])c2[2H])c2cccc3c4c(oc23)-c2cccc3c2B4c2ccc(-c4ccccc4)cc2N3c2ccccc2)c([2H])c1[2H]. The summed E-state index contributed by atoms with van der Waals surface area (Å²) in [5.74, 6) is 0.583. The van der Waals surface area contributed by atoms with Crippen LogP contribution in [-0.4, -0.2) is 6.71 Å². The lowest BCUT2D eigenvalue weighted by atomic mass is 9.37. The lowest BCUT2D eigenvalue weighted by molar-refractivity contribution is 0.635. The first kappa shape index (κ1) is 18.8. The van der Waals surface area contributed by atoms with Crippen LogP contribution in [0.3, 0.4) is 0 Å². The molecule has 0 saturated heterocycles. The standard InChI is InChI=1S/C44H29BN2O/c1-5-15-30(16-6-1)31-27-28-37-40(29-31)47(34-21-11-4-12-22-34)38-25-13-23-35-41(38)45(37)42-36-24-14-26-39(43(36)48-44(35)42)46(32-17-7-2-8-18-32)33-19-9-3-10-20-33/h1-29H/i2D,3D,7D,8D,9D,10D,17D,18D,19D,20D. The molecule has 3 nitrogen and oxygen atoms in total. The van der Waals surface area contributed by atoms with Gasteiger partial charge in [-0.05, 0) is 82.0 Å². The first-order chi connectivity index (χ1) is 28.0. The third-order valence-corrected chi connectivity index (χ3v) is 9.24. The lowest BCUT2D eigenvalue weighted by Gasteiger charge is -2.36. The minimum Gasteiger partial charge on any atom is -0.454 e. The Labute approximate surface area is 294 Å². The number of para-hydroxylation sites is 4. The molecule has 0 spiro atoms. The maximum absolute atomic E-state index is 9.00. The summed E-state index contributed by atoms with van der Waals surface area (Å²) in [5.41, 5.74) is 8.53. The fourth-order valence-electron chi connectivity index (χ4n) is 7.33. The molecule has 48 heavy (non-hydrogen) atoms. The summed E-state index contributed by atoms with van der Waals surface area (Å²) in [6.45, 7) is -0.299. The van der Waals surface area contributed by atoms with E-state index in [2.05, 4.69) is 53.4 Å². The van der Waals surface area contributed by atoms with Gasteiger partial charge in [0.15, 0.2) is 5.58 Å². The maximum Gasteiger partial charge on any atom is 0.253 e. The zero-order valence-electron chi connectivity index (χ0n) is 35.3. The molecular weight excluding hydrogens is 583 g/mol. The number of fused-ring (bicyclic) bond motifs is 7. The number of nitrogens with zero attached hydrogens (tertiary/aromatic N) is 2. The fraction of sp³-hybridized carbons (Fsp3) is 0. The van der Waals surface area contributed by atoms with Crippen LogP contribution in [-0.2, 0) is 0 Å². The minimum atomic E-state index is -0.638. The Morgan fingerprint density at radius 1 is 0.583 bits per heavy atom. The van der Waals surface area contributed by atoms with Gasteiger partial charge in [0, 0.05) is 39.4 Å². The average Bonchev–Trinajstić information content (AvgIpc) is 3.80. The highest BCUT2D eigenvalue weighted by Crippen LogP contribution is 2.45. The molecule has 4 heteroatoms. The van der Waals surface area contributed by atoms with Crippen molar-refractivity contribution in [3.05, 3.63) is 176 Å². The molecule has 7 aromatic carbocycles. The molecule has 224 valence electrons. The third kappa shape index (κ3) is 3.96. The fourth-order valence-corrected chi connectivity index (χ4v) is 7.33. The average molecular weight is 623 g/mol. The van der Waals surface area contributed by atoms with E-state index in [0.717, 1.165) is 55.0 Å². The summed E-state index contributed by atoms with van der Waals surface area (Å²) in [4.78, 5) is 3.44. The van der Waals surface area contributed by atoms with Gasteiger partial charge in [0.25, 0.3) is 6.71 Å². The first-order valence-corrected chi connectivity index (χ1v) is 15.7. The van der Waals surface area contributed by atoms with Crippen LogP contribution >= 0.6 is 0 Å². The van der Waals surface area contributed by atoms with Crippen LogP contribution in [0.1, 0.15) is 13.7 Å². The first-order valence-electron chi connectivity index (χ1n) is 20.7. The van der Waals surface area contributed by atoms with Gasteiger partial charge in [0.05, 0.1) is 19.4 Å². The van der Waals surface area contributed by atoms with Gasteiger partial charge in [0.1, 0.15) is 5.76 Å². The summed E-state index contributed by atoms with van der Waals surface area (Å²) in [5, 5.41) is 0.663. The van der Waals surface area contributed by atoms with Crippen LogP contribution in [0.5, 0.6) is 0 Å². The van der Waals surface area contributed by atoms with E-state index in [9.17, 15) is 0 Å². The molecule has 0 N–H and O–H groups in total. The van der Waals surface area contributed by atoms with Gasteiger partial charge in [-0.1, -0.05) is 121 Å². The zero-order chi connectivity index (χ0) is 40.3. The topological polar surface area (TPSA) is 19.6 Å². The molecule has 10 rings (SSSR count). The number of rotatable bonds is 5. The molecule has 0 bridgehead atoms. The smallest absolute Gasteiger partial charge is 0.253 e. The Balaban J connectivity index is 1.28. The summed E-state index contributed by atoms with van der Waals surface area (Å²) in [6.07, 6.45) is 0. The molecule has 0 unspecified atom stereocenters. The Morgan fingerprint density at radius 2 is 1.27 bits per heavy atom. The Kier molecular flexibility index (Phi) is 4.17. The van der Waals surface area contributed by atoms with Gasteiger partial charge in [-0.25, -0.2) is 0 Å². The van der Waals surface area contributed by atoms with Gasteiger partial charge in [-0.15, -0.1) is 0 Å². The van der Waals surface area contributed by atoms with Crippen LogP contribution in [0.15, 0.2) is 180 Å². The third-order valence-electron chi connectivity index (χ3n) is 9.24. The molecule has 8 aromatic rings. The second-order valence-electron chi connectivity index (χ2n) is 11.8. The molecular formula is C44H29BN2O. The number of hydrogen-bond donors (Lipinski definition) is 0. The Hall–Kier alpha value is -6.26. The molecule has 0 fully saturated rings. The summed E-state index contributed by atoms with van der Waals surface area (Å²) in [6, 6.07) is 32.0. The molecule has 0 amide bonds. The van der Waals surface area contributed by atoms with E-state index >= 15 is 0 Å². The van der Waals surface area contributed by atoms with E-state index in [1.54, 1.807) is 12.1 Å². The second-order valence-corrected chi connectivity index (χ2v) is 11.8. The van der Waals surface area contributed by atoms with Crippen molar-refractivity contribution < 1.29 is 18.1 Å². The normalized spacial score (nSPS) is 15.4. The molecule has 3 heterocycles. The van der Waals surface area contributed by atoms with Crippen molar-refractivity contribution in [2.75, 3.05) is 9.80 Å². The Morgan fingerprint density at radius 3 is 2.00 bits per heavy atom. The van der Waals surface area contributed by atoms with Crippen molar-refractivity contribution in [2.45, 2.75) is 0 Å². The van der Waals surface area contributed by atoms with Gasteiger partial charge in [-0.2, -0.15) is 0 Å². The van der Waals surface area contributed by atoms with Crippen LogP contribution in [0.4, 0.5) is 34.1 Å². The monoisotopic (exact) mass is 622 g/mol. The highest BCUT2D eigenvalue weighted by Gasteiger charge is 2.45. The van der Waals surface area contributed by atoms with Crippen LogP contribution in [0, 0.1) is 0 Å². The van der Waals surface area contributed by atoms with E-state index in [-0.39, 0.29) is 29.4 Å². The van der Waals surface area contributed by atoms with Crippen LogP contribution in [0.25, 0.3) is 33.4 Å². The summed E-state index contributed by atoms with van der Waals surface area (Å²) >= 11 is 0. The molecule has 0 saturated carbocycles. The highest BCUT2D eigenvalue weighted by molar-refractivity contribution is 7.02. The van der Waals surface area contributed by atoms with Gasteiger partial charge < -0.3 is 14.2 Å². The minimum absolute atomic E-state index is 0.142. The van der Waals surface area contributed by atoms with Gasteiger partial charge in [0.2, 0.25) is 0 Å². The van der Waals surface area contributed by atoms with Crippen molar-refractivity contribution in [1.29, 1.82) is 0 Å². The number of benzene rings is 7. The van der Waals surface area contributed by atoms with Gasteiger partial charge in [-0.3, -0.25) is 0 Å². The zero-order valence-corrected chi connectivity index (χ0v) is 25.3. The number of anilines is 6. The maximum atomic E-state index is 9.00. The predicted octanol–water partition coefficient (Wildman–Crippen LogP) is 9.85. The largest absolute Gasteiger partial charge is 0.454 e. The van der Waals surface area contributed by atoms with Gasteiger partial charge >= 0.3 is 0 Å². The highest BCUT2D eigenvalue weighted by atomic mass is 16.3. The lowest BCUT2D eigenvalue weighted by Crippen LogP contribution is -2.54.